The van der Waals surface area contributed by atoms with Crippen LogP contribution in [0.2, 0.25) is 5.02 Å². The van der Waals surface area contributed by atoms with Crippen LogP contribution >= 0.6 is 11.6 Å². The molecule has 1 aromatic rings. The minimum absolute atomic E-state index is 0.0828. The Kier molecular flexibility index (Phi) is 4.38. The Bertz CT molecular complexity index is 642. The van der Waals surface area contributed by atoms with E-state index in [1.54, 1.807) is 0 Å². The molecule has 2 rings (SSSR count). The Hall–Kier alpha value is -1.09. The molecule has 1 fully saturated rings. The Morgan fingerprint density at radius 3 is 2.40 bits per heavy atom. The Labute approximate surface area is 125 Å². The molecule has 0 amide bonds. The lowest BCUT2D eigenvalue weighted by Crippen LogP contribution is -2.42. The highest BCUT2D eigenvalue weighted by Gasteiger charge is 2.32. The summed E-state index contributed by atoms with van der Waals surface area (Å²) in [5.74, 6) is 0.677. The summed E-state index contributed by atoms with van der Waals surface area (Å²) in [4.78, 5) is 0.0828. The van der Waals surface area contributed by atoms with Crippen molar-refractivity contribution in [1.82, 2.24) is 4.31 Å². The second-order valence-corrected chi connectivity index (χ2v) is 7.84. The van der Waals surface area contributed by atoms with Gasteiger partial charge in [-0.15, -0.1) is 0 Å². The molecule has 0 bridgehead atoms. The topological polar surface area (TPSA) is 61.2 Å². The fourth-order valence-electron chi connectivity index (χ4n) is 2.72. The highest BCUT2D eigenvalue weighted by Crippen LogP contribution is 2.30. The zero-order chi connectivity index (χ0) is 14.9. The summed E-state index contributed by atoms with van der Waals surface area (Å²) in [6.45, 7) is 5.14. The summed E-state index contributed by atoms with van der Waals surface area (Å²) < 4.78 is 26.8. The molecule has 6 heteroatoms. The van der Waals surface area contributed by atoms with Gasteiger partial charge in [0.15, 0.2) is 0 Å². The highest BCUT2D eigenvalue weighted by atomic mass is 35.5. The summed E-state index contributed by atoms with van der Waals surface area (Å²) in [5, 5.41) is 8.91. The zero-order valence-corrected chi connectivity index (χ0v) is 13.1. The van der Waals surface area contributed by atoms with E-state index in [9.17, 15) is 8.42 Å². The van der Waals surface area contributed by atoms with Crippen LogP contribution in [0.1, 0.15) is 25.8 Å². The molecule has 2 atom stereocenters. The molecule has 20 heavy (non-hydrogen) atoms. The third-order valence-electron chi connectivity index (χ3n) is 3.51. The third-order valence-corrected chi connectivity index (χ3v) is 5.83. The minimum Gasteiger partial charge on any atom is -0.207 e. The van der Waals surface area contributed by atoms with Crippen molar-refractivity contribution in [1.29, 1.82) is 5.26 Å². The number of halogens is 1. The van der Waals surface area contributed by atoms with Crippen molar-refractivity contribution < 1.29 is 8.42 Å². The monoisotopic (exact) mass is 312 g/mol. The molecule has 1 heterocycles. The van der Waals surface area contributed by atoms with E-state index in [-0.39, 0.29) is 9.92 Å². The molecule has 4 nitrogen and oxygen atoms in total. The molecule has 0 saturated carbocycles. The first-order chi connectivity index (χ1) is 9.34. The van der Waals surface area contributed by atoms with Crippen LogP contribution in [0.25, 0.3) is 0 Å². The van der Waals surface area contributed by atoms with E-state index in [2.05, 4.69) is 13.8 Å². The smallest absolute Gasteiger partial charge is 0.207 e. The van der Waals surface area contributed by atoms with Crippen LogP contribution in [0.3, 0.4) is 0 Å². The molecule has 2 unspecified atom stereocenters. The number of nitrogens with zero attached hydrogens (tertiary/aromatic N) is 2. The lowest BCUT2D eigenvalue weighted by Gasteiger charge is -2.34. The van der Waals surface area contributed by atoms with E-state index in [1.807, 2.05) is 6.07 Å². The fourth-order valence-corrected chi connectivity index (χ4v) is 4.92. The fraction of sp³-hybridized carbons (Fsp3) is 0.500. The zero-order valence-electron chi connectivity index (χ0n) is 11.5. The van der Waals surface area contributed by atoms with Gasteiger partial charge in [-0.1, -0.05) is 25.4 Å². The largest absolute Gasteiger partial charge is 0.244 e. The van der Waals surface area contributed by atoms with E-state index >= 15 is 0 Å². The first-order valence-electron chi connectivity index (χ1n) is 6.54. The van der Waals surface area contributed by atoms with Crippen molar-refractivity contribution in [3.63, 3.8) is 0 Å². The quantitative estimate of drug-likeness (QED) is 0.843. The van der Waals surface area contributed by atoms with Crippen molar-refractivity contribution in [2.24, 2.45) is 11.8 Å². The van der Waals surface area contributed by atoms with Crippen LogP contribution < -0.4 is 0 Å². The van der Waals surface area contributed by atoms with Gasteiger partial charge in [-0.25, -0.2) is 8.42 Å². The number of hydrogen-bond donors (Lipinski definition) is 0. The molecular formula is C14H17ClN2O2S. The van der Waals surface area contributed by atoms with Gasteiger partial charge >= 0.3 is 0 Å². The second-order valence-electron chi connectivity index (χ2n) is 5.53. The maximum atomic E-state index is 12.7. The van der Waals surface area contributed by atoms with Crippen LogP contribution in [0.5, 0.6) is 0 Å². The molecule has 1 aliphatic rings. The van der Waals surface area contributed by atoms with Crippen molar-refractivity contribution >= 4 is 21.6 Å². The van der Waals surface area contributed by atoms with Gasteiger partial charge in [0.1, 0.15) is 4.90 Å². The number of hydrogen-bond acceptors (Lipinski definition) is 3. The number of benzene rings is 1. The van der Waals surface area contributed by atoms with Gasteiger partial charge in [0.25, 0.3) is 0 Å². The summed E-state index contributed by atoms with van der Waals surface area (Å²) in [5.41, 5.74) is 0.356. The van der Waals surface area contributed by atoms with Gasteiger partial charge in [-0.2, -0.15) is 9.57 Å². The number of rotatable bonds is 2. The predicted molar refractivity (Wildman–Crippen MR) is 77.9 cm³/mol. The van der Waals surface area contributed by atoms with Gasteiger partial charge in [0.2, 0.25) is 10.0 Å². The number of sulfonamides is 1. The molecule has 0 aliphatic carbocycles. The molecule has 1 aromatic carbocycles. The van der Waals surface area contributed by atoms with Gasteiger partial charge in [-0.05, 0) is 36.5 Å². The van der Waals surface area contributed by atoms with E-state index in [4.69, 9.17) is 16.9 Å². The van der Waals surface area contributed by atoms with Gasteiger partial charge in [-0.3, -0.25) is 0 Å². The van der Waals surface area contributed by atoms with Crippen LogP contribution in [-0.4, -0.2) is 25.8 Å². The van der Waals surface area contributed by atoms with Crippen LogP contribution in [-0.2, 0) is 10.0 Å². The molecule has 0 spiro atoms. The van der Waals surface area contributed by atoms with E-state index in [0.717, 1.165) is 6.42 Å². The van der Waals surface area contributed by atoms with Crippen molar-refractivity contribution in [3.05, 3.63) is 28.8 Å². The SMILES string of the molecule is CC1CC(C)CN(S(=O)(=O)c2ccc(C#N)cc2Cl)C1. The van der Waals surface area contributed by atoms with Crippen LogP contribution in [0, 0.1) is 23.2 Å². The van der Waals surface area contributed by atoms with Crippen molar-refractivity contribution in [2.75, 3.05) is 13.1 Å². The summed E-state index contributed by atoms with van der Waals surface area (Å²) >= 11 is 6.03. The first-order valence-corrected chi connectivity index (χ1v) is 8.36. The molecule has 0 radical (unpaired) electrons. The Morgan fingerprint density at radius 2 is 1.90 bits per heavy atom. The Morgan fingerprint density at radius 1 is 1.30 bits per heavy atom. The van der Waals surface area contributed by atoms with E-state index in [1.165, 1.54) is 22.5 Å². The lowest BCUT2D eigenvalue weighted by molar-refractivity contribution is 0.222. The van der Waals surface area contributed by atoms with Gasteiger partial charge in [0, 0.05) is 13.1 Å². The lowest BCUT2D eigenvalue weighted by atomic mass is 9.94. The molecule has 0 aromatic heterocycles. The van der Waals surface area contributed by atoms with E-state index < -0.39 is 10.0 Å². The van der Waals surface area contributed by atoms with Crippen molar-refractivity contribution in [2.45, 2.75) is 25.2 Å². The number of nitriles is 1. The maximum Gasteiger partial charge on any atom is 0.244 e. The average molecular weight is 313 g/mol. The Balaban J connectivity index is 2.38. The minimum atomic E-state index is -3.59. The summed E-state index contributed by atoms with van der Waals surface area (Å²) in [7, 11) is -3.59. The summed E-state index contributed by atoms with van der Waals surface area (Å²) in [6.07, 6.45) is 1.03. The highest BCUT2D eigenvalue weighted by molar-refractivity contribution is 7.89. The molecule has 108 valence electrons. The average Bonchev–Trinajstić information content (AvgIpc) is 2.37. The predicted octanol–water partition coefficient (Wildman–Crippen LogP) is 2.88. The van der Waals surface area contributed by atoms with Gasteiger partial charge < -0.3 is 0 Å². The third kappa shape index (κ3) is 2.98. The van der Waals surface area contributed by atoms with Crippen molar-refractivity contribution in [3.8, 4) is 6.07 Å². The number of piperidine rings is 1. The maximum absolute atomic E-state index is 12.7. The van der Waals surface area contributed by atoms with Crippen LogP contribution in [0.4, 0.5) is 0 Å². The molecule has 1 aliphatic heterocycles. The standard InChI is InChI=1S/C14H17ClN2O2S/c1-10-5-11(2)9-17(8-10)20(18,19)14-4-3-12(7-16)6-13(14)15/h3-4,6,10-11H,5,8-9H2,1-2H3. The first kappa shape index (κ1) is 15.3. The second kappa shape index (κ2) is 5.72. The van der Waals surface area contributed by atoms with Crippen LogP contribution in [0.15, 0.2) is 23.1 Å². The van der Waals surface area contributed by atoms with Gasteiger partial charge in [0.05, 0.1) is 16.7 Å². The molecular weight excluding hydrogens is 296 g/mol. The molecule has 1 saturated heterocycles. The normalized spacial score (nSPS) is 24.3. The summed E-state index contributed by atoms with van der Waals surface area (Å²) in [6, 6.07) is 6.24. The van der Waals surface area contributed by atoms with E-state index in [0.29, 0.717) is 30.5 Å². The molecule has 0 N–H and O–H groups in total.